The fourth-order valence-corrected chi connectivity index (χ4v) is 5.44. The van der Waals surface area contributed by atoms with Crippen molar-refractivity contribution in [1.82, 2.24) is 10.2 Å². The molecule has 1 aliphatic carbocycles. The number of carbonyl (C=O) groups excluding carboxylic acids is 2. The maximum absolute atomic E-state index is 13.0. The van der Waals surface area contributed by atoms with Crippen LogP contribution >= 0.6 is 11.8 Å². The van der Waals surface area contributed by atoms with Crippen molar-refractivity contribution in [1.29, 1.82) is 0 Å². The van der Waals surface area contributed by atoms with Crippen LogP contribution in [0.5, 0.6) is 0 Å². The molecule has 35 heavy (non-hydrogen) atoms. The lowest BCUT2D eigenvalue weighted by molar-refractivity contribution is -0.141. The number of fused-ring (bicyclic) bond motifs is 3. The van der Waals surface area contributed by atoms with Crippen LogP contribution in [0, 0.1) is 5.92 Å². The molecule has 0 saturated carbocycles. The summed E-state index contributed by atoms with van der Waals surface area (Å²) in [5, 5.41) is 11.6. The Kier molecular flexibility index (Phi) is 8.33. The van der Waals surface area contributed by atoms with Crippen molar-refractivity contribution < 1.29 is 24.2 Å². The molecular weight excluding hydrogens is 464 g/mol. The van der Waals surface area contributed by atoms with Crippen molar-refractivity contribution >= 4 is 29.7 Å². The number of aliphatic carboxylic acids is 1. The molecule has 4 rings (SSSR count). The van der Waals surface area contributed by atoms with Gasteiger partial charge in [0.25, 0.3) is 0 Å². The van der Waals surface area contributed by atoms with E-state index in [4.69, 9.17) is 9.84 Å². The predicted molar refractivity (Wildman–Crippen MR) is 137 cm³/mol. The highest BCUT2D eigenvalue weighted by Crippen LogP contribution is 2.44. The Hall–Kier alpha value is -3.00. The first kappa shape index (κ1) is 25.1. The summed E-state index contributed by atoms with van der Waals surface area (Å²) in [7, 11) is 0. The molecule has 0 bridgehead atoms. The fourth-order valence-electron chi connectivity index (χ4n) is 4.97. The van der Waals surface area contributed by atoms with Gasteiger partial charge in [-0.15, -0.1) is 0 Å². The van der Waals surface area contributed by atoms with Crippen LogP contribution in [0.25, 0.3) is 11.1 Å². The number of carbonyl (C=O) groups is 3. The highest BCUT2D eigenvalue weighted by molar-refractivity contribution is 7.98. The zero-order valence-electron chi connectivity index (χ0n) is 19.9. The minimum absolute atomic E-state index is 0.0320. The molecule has 2 aliphatic rings. The monoisotopic (exact) mass is 496 g/mol. The predicted octanol–water partition coefficient (Wildman–Crippen LogP) is 4.36. The van der Waals surface area contributed by atoms with Gasteiger partial charge in [0.1, 0.15) is 12.6 Å². The van der Waals surface area contributed by atoms with Crippen LogP contribution in [0.1, 0.15) is 42.7 Å². The summed E-state index contributed by atoms with van der Waals surface area (Å²) >= 11 is 1.63. The highest BCUT2D eigenvalue weighted by atomic mass is 32.2. The van der Waals surface area contributed by atoms with Crippen molar-refractivity contribution in [3.8, 4) is 11.1 Å². The summed E-state index contributed by atoms with van der Waals surface area (Å²) in [5.41, 5.74) is 4.62. The molecule has 186 valence electrons. The zero-order chi connectivity index (χ0) is 24.8. The number of nitrogens with zero attached hydrogens (tertiary/aromatic N) is 1. The van der Waals surface area contributed by atoms with Crippen LogP contribution in [0.4, 0.5) is 4.79 Å². The normalized spacial score (nSPS) is 15.6. The summed E-state index contributed by atoms with van der Waals surface area (Å²) in [6, 6.07) is 15.7. The third-order valence-electron chi connectivity index (χ3n) is 6.82. The second-order valence-corrected chi connectivity index (χ2v) is 10.2. The molecule has 1 aliphatic heterocycles. The number of hydrogen-bond acceptors (Lipinski definition) is 5. The van der Waals surface area contributed by atoms with Gasteiger partial charge < -0.3 is 20.1 Å². The van der Waals surface area contributed by atoms with Gasteiger partial charge in [0.15, 0.2) is 0 Å². The number of carboxylic acids is 1. The lowest BCUT2D eigenvalue weighted by atomic mass is 9.93. The number of likely N-dealkylation sites (tertiary alicyclic amines) is 1. The maximum atomic E-state index is 13.0. The molecule has 1 heterocycles. The molecule has 1 saturated heterocycles. The van der Waals surface area contributed by atoms with E-state index in [1.165, 1.54) is 11.1 Å². The molecule has 2 aromatic carbocycles. The molecule has 0 aromatic heterocycles. The Morgan fingerprint density at radius 3 is 2.31 bits per heavy atom. The summed E-state index contributed by atoms with van der Waals surface area (Å²) in [5.74, 6) is 0.156. The van der Waals surface area contributed by atoms with Gasteiger partial charge in [-0.25, -0.2) is 4.79 Å². The van der Waals surface area contributed by atoms with Crippen LogP contribution in [0.2, 0.25) is 0 Å². The van der Waals surface area contributed by atoms with E-state index in [0.29, 0.717) is 31.8 Å². The Labute approximate surface area is 210 Å². The van der Waals surface area contributed by atoms with Gasteiger partial charge in [0.05, 0.1) is 0 Å². The summed E-state index contributed by atoms with van der Waals surface area (Å²) in [4.78, 5) is 38.2. The van der Waals surface area contributed by atoms with Gasteiger partial charge in [-0.2, -0.15) is 11.8 Å². The molecular formula is C27H32N2O5S. The lowest BCUT2D eigenvalue weighted by Crippen LogP contribution is -2.57. The number of hydrogen-bond donors (Lipinski definition) is 2. The Balaban J connectivity index is 1.31. The van der Waals surface area contributed by atoms with Gasteiger partial charge >= 0.3 is 12.1 Å². The molecule has 0 spiro atoms. The molecule has 1 fully saturated rings. The first-order valence-electron chi connectivity index (χ1n) is 12.1. The summed E-state index contributed by atoms with van der Waals surface area (Å²) in [6.07, 6.45) is 3.50. The molecule has 2 N–H and O–H groups in total. The van der Waals surface area contributed by atoms with Crippen molar-refractivity contribution in [2.45, 2.75) is 37.6 Å². The first-order chi connectivity index (χ1) is 17.0. The minimum Gasteiger partial charge on any atom is -0.481 e. The molecule has 0 unspecified atom stereocenters. The number of benzene rings is 2. The number of thioether (sulfide) groups is 1. The SMILES string of the molecule is CSCC[C@H](NC(=O)OCC1c2ccccc2-c2ccccc21)C(=O)N1CC(CCCC(=O)O)C1. The quantitative estimate of drug-likeness (QED) is 0.480. The van der Waals surface area contributed by atoms with Gasteiger partial charge in [-0.05, 0) is 59.4 Å². The number of amides is 2. The Morgan fingerprint density at radius 2 is 1.71 bits per heavy atom. The largest absolute Gasteiger partial charge is 0.481 e. The van der Waals surface area contributed by atoms with E-state index in [2.05, 4.69) is 29.6 Å². The van der Waals surface area contributed by atoms with Crippen LogP contribution in [0.15, 0.2) is 48.5 Å². The van der Waals surface area contributed by atoms with Gasteiger partial charge in [0, 0.05) is 25.4 Å². The Morgan fingerprint density at radius 1 is 1.09 bits per heavy atom. The maximum Gasteiger partial charge on any atom is 0.407 e. The molecule has 2 amide bonds. The minimum atomic E-state index is -0.790. The number of rotatable bonds is 11. The van der Waals surface area contributed by atoms with E-state index in [9.17, 15) is 14.4 Å². The number of nitrogens with one attached hydrogen (secondary N) is 1. The number of ether oxygens (including phenoxy) is 1. The zero-order valence-corrected chi connectivity index (χ0v) is 20.8. The van der Waals surface area contributed by atoms with Crippen molar-refractivity contribution in [3.05, 3.63) is 59.7 Å². The number of alkyl carbamates (subject to hydrolysis) is 1. The van der Waals surface area contributed by atoms with E-state index >= 15 is 0 Å². The van der Waals surface area contributed by atoms with E-state index in [1.54, 1.807) is 16.7 Å². The molecule has 0 radical (unpaired) electrons. The van der Waals surface area contributed by atoms with E-state index in [0.717, 1.165) is 23.3 Å². The van der Waals surface area contributed by atoms with Gasteiger partial charge in [-0.1, -0.05) is 48.5 Å². The van der Waals surface area contributed by atoms with Gasteiger partial charge in [0.2, 0.25) is 5.91 Å². The fraction of sp³-hybridized carbons (Fsp3) is 0.444. The first-order valence-corrected chi connectivity index (χ1v) is 13.5. The molecule has 7 nitrogen and oxygen atoms in total. The second kappa shape index (κ2) is 11.6. The van der Waals surface area contributed by atoms with E-state index in [1.807, 2.05) is 30.5 Å². The second-order valence-electron chi connectivity index (χ2n) is 9.20. The van der Waals surface area contributed by atoms with Crippen molar-refractivity contribution in [2.24, 2.45) is 5.92 Å². The average molecular weight is 497 g/mol. The van der Waals surface area contributed by atoms with E-state index < -0.39 is 18.1 Å². The standard InChI is InChI=1S/C27H32N2O5S/c1-35-14-13-24(26(32)29-15-18(16-29)7-6-12-25(30)31)28-27(33)34-17-23-21-10-4-2-8-19(21)20-9-3-5-11-22(20)23/h2-5,8-11,18,23-24H,6-7,12-17H2,1H3,(H,28,33)(H,30,31)/t24-/m0/s1. The summed E-state index contributed by atoms with van der Waals surface area (Å²) < 4.78 is 5.65. The van der Waals surface area contributed by atoms with Gasteiger partial charge in [-0.3, -0.25) is 9.59 Å². The molecule has 8 heteroatoms. The Bertz CT molecular complexity index is 1020. The number of carboxylic acid groups (broad SMARTS) is 1. The topological polar surface area (TPSA) is 95.9 Å². The van der Waals surface area contributed by atoms with Crippen molar-refractivity contribution in [3.63, 3.8) is 0 Å². The van der Waals surface area contributed by atoms with E-state index in [-0.39, 0.29) is 24.9 Å². The van der Waals surface area contributed by atoms with Crippen molar-refractivity contribution in [2.75, 3.05) is 31.7 Å². The third-order valence-corrected chi connectivity index (χ3v) is 7.46. The molecule has 1 atom stereocenters. The van der Waals surface area contributed by atoms with Crippen LogP contribution in [-0.4, -0.2) is 65.7 Å². The summed E-state index contributed by atoms with van der Waals surface area (Å²) in [6.45, 7) is 1.43. The highest BCUT2D eigenvalue weighted by Gasteiger charge is 2.35. The lowest BCUT2D eigenvalue weighted by Gasteiger charge is -2.41. The van der Waals surface area contributed by atoms with Crippen LogP contribution in [0.3, 0.4) is 0 Å². The smallest absolute Gasteiger partial charge is 0.407 e. The third kappa shape index (κ3) is 5.99. The van der Waals surface area contributed by atoms with Crippen LogP contribution < -0.4 is 5.32 Å². The average Bonchev–Trinajstić information content (AvgIpc) is 3.15. The van der Waals surface area contributed by atoms with Crippen LogP contribution in [-0.2, 0) is 14.3 Å². The molecule has 2 aromatic rings.